The molecule has 2 nitrogen and oxygen atoms in total. The van der Waals surface area contributed by atoms with Crippen LogP contribution in [0.2, 0.25) is 0 Å². The van der Waals surface area contributed by atoms with Crippen molar-refractivity contribution < 1.29 is 21.2 Å². The first-order chi connectivity index (χ1) is 18.1. The Balaban J connectivity index is 0.00000261. The first-order valence-corrected chi connectivity index (χ1v) is 14.7. The predicted octanol–water partition coefficient (Wildman–Crippen LogP) is 11.2. The second-order valence-corrected chi connectivity index (χ2v) is 9.60. The van der Waals surface area contributed by atoms with Gasteiger partial charge in [0.2, 0.25) is 11.4 Å². The summed E-state index contributed by atoms with van der Waals surface area (Å²) in [5, 5.41) is 0. The van der Waals surface area contributed by atoms with Gasteiger partial charge in [-0.2, -0.15) is 13.8 Å². The second-order valence-electron chi connectivity index (χ2n) is 9.60. The molecule has 0 saturated heterocycles. The zero-order chi connectivity index (χ0) is 27.5. The van der Waals surface area contributed by atoms with Crippen LogP contribution in [0.4, 0.5) is 0 Å². The van der Waals surface area contributed by atoms with E-state index < -0.39 is 0 Å². The average molecular weight is 560 g/mol. The smallest absolute Gasteiger partial charge is 0.493 e. The van der Waals surface area contributed by atoms with Crippen LogP contribution in [0.3, 0.4) is 0 Å². The van der Waals surface area contributed by atoms with Gasteiger partial charge in [-0.1, -0.05) is 89.5 Å². The van der Waals surface area contributed by atoms with Crippen LogP contribution in [0.1, 0.15) is 121 Å². The van der Waals surface area contributed by atoms with Crippen molar-refractivity contribution in [1.29, 1.82) is 0 Å². The first-order valence-electron chi connectivity index (χ1n) is 14.7. The Morgan fingerprint density at radius 3 is 1.79 bits per heavy atom. The molecule has 0 aromatic heterocycles. The van der Waals surface area contributed by atoms with Crippen molar-refractivity contribution in [3.05, 3.63) is 102 Å². The van der Waals surface area contributed by atoms with E-state index in [2.05, 4.69) is 89.2 Å². The van der Waals surface area contributed by atoms with Crippen LogP contribution in [0, 0.1) is 13.8 Å². The number of allylic oxidation sites excluding steroid dienone is 2. The van der Waals surface area contributed by atoms with E-state index in [9.17, 15) is 5.53 Å². The molecule has 0 bridgehead atoms. The summed E-state index contributed by atoms with van der Waals surface area (Å²) in [5.74, 6) is 0. The summed E-state index contributed by atoms with van der Waals surface area (Å²) in [7, 11) is 0. The molecule has 0 unspecified atom stereocenters. The third-order valence-corrected chi connectivity index (χ3v) is 6.75. The quantitative estimate of drug-likeness (QED) is 0.0952. The maximum absolute atomic E-state index is 11.1. The van der Waals surface area contributed by atoms with E-state index in [-0.39, 0.29) is 16.5 Å². The average Bonchev–Trinajstić information content (AvgIpc) is 3.25. The first kappa shape index (κ1) is 36.0. The Labute approximate surface area is 245 Å². The van der Waals surface area contributed by atoms with Crippen molar-refractivity contribution in [1.82, 2.24) is 0 Å². The zero-order valence-corrected chi connectivity index (χ0v) is 25.8. The summed E-state index contributed by atoms with van der Waals surface area (Å²) in [5.41, 5.74) is 18.9. The van der Waals surface area contributed by atoms with E-state index in [0.717, 1.165) is 40.9 Å². The fraction of sp³-hybridized carbons (Fsp3) is 0.486. The summed E-state index contributed by atoms with van der Waals surface area (Å²) in [6.07, 6.45) is 17.4. The molecule has 0 fully saturated rings. The Morgan fingerprint density at radius 2 is 1.18 bits per heavy atom. The van der Waals surface area contributed by atoms with Crippen LogP contribution in [-0.2, 0) is 29.3 Å². The van der Waals surface area contributed by atoms with Gasteiger partial charge in [-0.15, -0.1) is 0 Å². The van der Waals surface area contributed by atoms with Crippen LogP contribution in [0.5, 0.6) is 0 Å². The molecule has 3 heteroatoms. The molecule has 38 heavy (non-hydrogen) atoms. The second kappa shape index (κ2) is 21.9. The van der Waals surface area contributed by atoms with E-state index in [1.54, 1.807) is 13.8 Å². The maximum Gasteiger partial charge on any atom is 2.00 e. The number of unbranched alkanes of at least 4 members (excludes halogenated alkanes) is 8. The molecule has 2 aromatic rings. The molecule has 2 aromatic carbocycles. The van der Waals surface area contributed by atoms with Gasteiger partial charge in [0.05, 0.1) is 0 Å². The van der Waals surface area contributed by atoms with Crippen molar-refractivity contribution in [2.24, 2.45) is 0 Å². The predicted molar refractivity (Wildman–Crippen MR) is 164 cm³/mol. The van der Waals surface area contributed by atoms with Crippen LogP contribution in [0.15, 0.2) is 60.2 Å². The topological polar surface area (TPSA) is 25.3 Å². The van der Waals surface area contributed by atoms with Crippen LogP contribution in [0.25, 0.3) is 16.9 Å². The van der Waals surface area contributed by atoms with E-state index in [1.165, 1.54) is 80.0 Å². The molecule has 1 aliphatic rings. The number of hydrogen-bond acceptors (Lipinski definition) is 0. The van der Waals surface area contributed by atoms with Gasteiger partial charge in [0.25, 0.3) is 0 Å². The molecule has 0 N–H and O–H groups in total. The Morgan fingerprint density at radius 1 is 0.658 bits per heavy atom. The van der Waals surface area contributed by atoms with Gasteiger partial charge in [-0.25, -0.2) is 4.70 Å². The fourth-order valence-electron chi connectivity index (χ4n) is 4.76. The molecule has 0 spiro atoms. The summed E-state index contributed by atoms with van der Waals surface area (Å²) in [6, 6.07) is 17.4. The van der Waals surface area contributed by atoms with Crippen LogP contribution >= 0.6 is 0 Å². The van der Waals surface area contributed by atoms with E-state index in [4.69, 9.17) is 0 Å². The van der Waals surface area contributed by atoms with Crippen molar-refractivity contribution in [3.63, 3.8) is 0 Å². The molecular formula is C35H52N2Ni. The Bertz CT molecular complexity index is 970. The van der Waals surface area contributed by atoms with Crippen LogP contribution < -0.4 is 0 Å². The van der Waals surface area contributed by atoms with Crippen LogP contribution in [-0.4, -0.2) is 4.70 Å². The maximum atomic E-state index is 11.1. The van der Waals surface area contributed by atoms with Gasteiger partial charge >= 0.3 is 16.5 Å². The summed E-state index contributed by atoms with van der Waals surface area (Å²) < 4.78 is 1.38. The van der Waals surface area contributed by atoms with Gasteiger partial charge in [-0.05, 0) is 68.0 Å². The van der Waals surface area contributed by atoms with Crippen molar-refractivity contribution >= 4 is 11.4 Å². The minimum absolute atomic E-state index is 0. The Kier molecular flexibility index (Phi) is 20.7. The SMILES string of the molecule is CCCCCCCCc1cccc(C2=C(C)C=C(c3ccc(CCCCCC)cc3)[N+]2=[N-])c1.[CH2-]C.[CH2-]C.[Ni+2]. The molecule has 0 amide bonds. The number of aryl methyl sites for hydroxylation is 2. The minimum Gasteiger partial charge on any atom is -0.493 e. The summed E-state index contributed by atoms with van der Waals surface area (Å²) in [6.45, 7) is 16.6. The summed E-state index contributed by atoms with van der Waals surface area (Å²) in [4.78, 5) is 0. The molecule has 1 heterocycles. The van der Waals surface area contributed by atoms with Crippen molar-refractivity contribution in [3.8, 4) is 0 Å². The fourth-order valence-corrected chi connectivity index (χ4v) is 4.76. The molecule has 0 radical (unpaired) electrons. The third kappa shape index (κ3) is 11.8. The standard InChI is InChI=1S/C31H42N2.2C2H5.Ni/c1-4-6-8-10-11-13-16-27-17-14-18-29(24-27)31-25(3)23-30(33(31)32)28-21-19-26(20-22-28)15-12-9-7-5-2;2*1-2;/h14,17-24H,4-13,15-16H2,1-3H3;2*1H2,2H3;/q;2*-1;+2. The number of rotatable bonds is 14. The normalized spacial score (nSPS) is 12.2. The number of hydrogen-bond donors (Lipinski definition) is 0. The summed E-state index contributed by atoms with van der Waals surface area (Å²) >= 11 is 0. The van der Waals surface area contributed by atoms with Crippen molar-refractivity contribution in [2.45, 2.75) is 112 Å². The molecule has 0 atom stereocenters. The van der Waals surface area contributed by atoms with Crippen molar-refractivity contribution in [2.75, 3.05) is 0 Å². The number of benzene rings is 2. The van der Waals surface area contributed by atoms with Gasteiger partial charge in [0, 0.05) is 22.8 Å². The van der Waals surface area contributed by atoms with E-state index >= 15 is 0 Å². The number of nitrogens with zero attached hydrogens (tertiary/aromatic N) is 2. The molecule has 212 valence electrons. The molecule has 3 rings (SSSR count). The molecular weight excluding hydrogens is 507 g/mol. The van der Waals surface area contributed by atoms with Gasteiger partial charge < -0.3 is 19.4 Å². The third-order valence-electron chi connectivity index (χ3n) is 6.75. The monoisotopic (exact) mass is 558 g/mol. The van der Waals surface area contributed by atoms with E-state index in [1.807, 2.05) is 0 Å². The largest absolute Gasteiger partial charge is 2.00 e. The van der Waals surface area contributed by atoms with Gasteiger partial charge in [-0.3, -0.25) is 0 Å². The van der Waals surface area contributed by atoms with Gasteiger partial charge in [0.15, 0.2) is 0 Å². The Hall–Kier alpha value is -1.99. The zero-order valence-electron chi connectivity index (χ0n) is 24.8. The van der Waals surface area contributed by atoms with E-state index in [0.29, 0.717) is 0 Å². The molecule has 0 aliphatic carbocycles. The molecule has 0 saturated carbocycles. The molecule has 1 aliphatic heterocycles. The minimum atomic E-state index is 0. The van der Waals surface area contributed by atoms with Gasteiger partial charge in [0.1, 0.15) is 0 Å².